The van der Waals surface area contributed by atoms with Gasteiger partial charge in [-0.1, -0.05) is 13.3 Å². The first-order valence-electron chi connectivity index (χ1n) is 5.70. The van der Waals surface area contributed by atoms with Crippen LogP contribution in [0.4, 0.5) is 0 Å². The molecule has 96 valence electrons. The molecule has 0 radical (unpaired) electrons. The maximum absolute atomic E-state index is 10.5. The molecule has 0 spiro atoms. The van der Waals surface area contributed by atoms with Gasteiger partial charge in [0, 0.05) is 4.88 Å². The Morgan fingerprint density at radius 2 is 2.18 bits per heavy atom. The monoisotopic (exact) mass is 258 g/mol. The van der Waals surface area contributed by atoms with E-state index in [-0.39, 0.29) is 0 Å². The second kappa shape index (κ2) is 6.74. The van der Waals surface area contributed by atoms with Gasteiger partial charge < -0.3 is 15.3 Å². The molecule has 0 fully saturated rings. The van der Waals surface area contributed by atoms with Gasteiger partial charge in [0.15, 0.2) is 0 Å². The number of aliphatic hydroxyl groups excluding tert-OH is 2. The lowest BCUT2D eigenvalue weighted by Crippen LogP contribution is -2.21. The summed E-state index contributed by atoms with van der Waals surface area (Å²) in [6.07, 6.45) is 0.150. The lowest BCUT2D eigenvalue weighted by molar-refractivity contribution is -0.141. The standard InChI is InChI=1S/C12H18O4S/c1-2-3-4-8-5-6-17-12(8)11(16)9(13)7-10(14)15/h5-6,9,11,13,16H,2-4,7H2,1H3,(H,14,15). The fourth-order valence-electron chi connectivity index (χ4n) is 1.65. The van der Waals surface area contributed by atoms with Crippen LogP contribution in [0.1, 0.15) is 42.7 Å². The smallest absolute Gasteiger partial charge is 0.306 e. The third-order valence-electron chi connectivity index (χ3n) is 2.60. The molecule has 1 aromatic heterocycles. The largest absolute Gasteiger partial charge is 0.481 e. The zero-order valence-corrected chi connectivity index (χ0v) is 10.6. The van der Waals surface area contributed by atoms with Gasteiger partial charge in [-0.25, -0.2) is 0 Å². The Labute approximate surface area is 105 Å². The van der Waals surface area contributed by atoms with E-state index < -0.39 is 24.6 Å². The summed E-state index contributed by atoms with van der Waals surface area (Å²) >= 11 is 1.36. The summed E-state index contributed by atoms with van der Waals surface area (Å²) in [6, 6.07) is 1.92. The van der Waals surface area contributed by atoms with E-state index >= 15 is 0 Å². The Hall–Kier alpha value is -0.910. The summed E-state index contributed by atoms with van der Waals surface area (Å²) in [5.74, 6) is -1.11. The van der Waals surface area contributed by atoms with Crippen LogP contribution in [0.3, 0.4) is 0 Å². The molecule has 17 heavy (non-hydrogen) atoms. The van der Waals surface area contributed by atoms with Crippen LogP contribution in [0.2, 0.25) is 0 Å². The van der Waals surface area contributed by atoms with Crippen LogP contribution in [0.15, 0.2) is 11.4 Å². The quantitative estimate of drug-likeness (QED) is 0.698. The number of aliphatic hydroxyl groups is 2. The first-order valence-corrected chi connectivity index (χ1v) is 6.58. The number of unbranched alkanes of at least 4 members (excludes halogenated alkanes) is 1. The lowest BCUT2D eigenvalue weighted by Gasteiger charge is -2.16. The van der Waals surface area contributed by atoms with Crippen molar-refractivity contribution in [3.63, 3.8) is 0 Å². The first kappa shape index (κ1) is 14.2. The van der Waals surface area contributed by atoms with Crippen molar-refractivity contribution in [1.29, 1.82) is 0 Å². The van der Waals surface area contributed by atoms with Crippen LogP contribution in [-0.2, 0) is 11.2 Å². The van der Waals surface area contributed by atoms with Crippen molar-refractivity contribution in [1.82, 2.24) is 0 Å². The van der Waals surface area contributed by atoms with Gasteiger partial charge >= 0.3 is 5.97 Å². The molecule has 3 N–H and O–H groups in total. The number of thiophene rings is 1. The van der Waals surface area contributed by atoms with E-state index in [4.69, 9.17) is 5.11 Å². The highest BCUT2D eigenvalue weighted by atomic mass is 32.1. The van der Waals surface area contributed by atoms with E-state index in [0.717, 1.165) is 24.8 Å². The van der Waals surface area contributed by atoms with E-state index in [2.05, 4.69) is 6.92 Å². The maximum atomic E-state index is 10.5. The van der Waals surface area contributed by atoms with Gasteiger partial charge in [0.2, 0.25) is 0 Å². The zero-order chi connectivity index (χ0) is 12.8. The number of carboxylic acid groups (broad SMARTS) is 1. The summed E-state index contributed by atoms with van der Waals surface area (Å²) in [5.41, 5.74) is 1.01. The molecule has 2 atom stereocenters. The minimum atomic E-state index is -1.24. The van der Waals surface area contributed by atoms with Gasteiger partial charge in [-0.05, 0) is 29.9 Å². The zero-order valence-electron chi connectivity index (χ0n) is 9.80. The Kier molecular flexibility index (Phi) is 5.61. The molecule has 0 saturated carbocycles. The average Bonchev–Trinajstić information content (AvgIpc) is 2.72. The third-order valence-corrected chi connectivity index (χ3v) is 3.63. The number of hydrogen-bond donors (Lipinski definition) is 3. The summed E-state index contributed by atoms with van der Waals surface area (Å²) in [4.78, 5) is 11.2. The molecule has 0 amide bonds. The van der Waals surface area contributed by atoms with Crippen molar-refractivity contribution >= 4 is 17.3 Å². The number of aryl methyl sites for hydroxylation is 1. The molecule has 0 aliphatic rings. The molecule has 0 bridgehead atoms. The van der Waals surface area contributed by atoms with Crippen LogP contribution < -0.4 is 0 Å². The van der Waals surface area contributed by atoms with Crippen LogP contribution >= 0.6 is 11.3 Å². The molecule has 0 aromatic carbocycles. The Balaban J connectivity index is 2.70. The Morgan fingerprint density at radius 3 is 2.76 bits per heavy atom. The van der Waals surface area contributed by atoms with Gasteiger partial charge in [-0.3, -0.25) is 4.79 Å². The predicted octanol–water partition coefficient (Wildman–Crippen LogP) is 1.96. The van der Waals surface area contributed by atoms with Crippen LogP contribution in [0.5, 0.6) is 0 Å². The predicted molar refractivity (Wildman–Crippen MR) is 66.2 cm³/mol. The molecule has 1 heterocycles. The van der Waals surface area contributed by atoms with Gasteiger partial charge in [0.25, 0.3) is 0 Å². The van der Waals surface area contributed by atoms with Crippen molar-refractivity contribution in [3.8, 4) is 0 Å². The fraction of sp³-hybridized carbons (Fsp3) is 0.583. The molecule has 2 unspecified atom stereocenters. The highest BCUT2D eigenvalue weighted by Gasteiger charge is 2.24. The fourth-order valence-corrected chi connectivity index (χ4v) is 2.64. The molecular formula is C12H18O4S. The Morgan fingerprint density at radius 1 is 1.47 bits per heavy atom. The first-order chi connectivity index (χ1) is 8.06. The van der Waals surface area contributed by atoms with E-state index in [1.807, 2.05) is 11.4 Å². The van der Waals surface area contributed by atoms with E-state index in [1.165, 1.54) is 11.3 Å². The second-order valence-electron chi connectivity index (χ2n) is 4.02. The topological polar surface area (TPSA) is 77.8 Å². The maximum Gasteiger partial charge on any atom is 0.306 e. The molecule has 1 rings (SSSR count). The van der Waals surface area contributed by atoms with Crippen LogP contribution in [0.25, 0.3) is 0 Å². The van der Waals surface area contributed by atoms with Crippen molar-refractivity contribution in [3.05, 3.63) is 21.9 Å². The average molecular weight is 258 g/mol. The molecule has 0 aliphatic carbocycles. The number of carbonyl (C=O) groups is 1. The van der Waals surface area contributed by atoms with Gasteiger partial charge in [-0.2, -0.15) is 0 Å². The van der Waals surface area contributed by atoms with E-state index in [9.17, 15) is 15.0 Å². The van der Waals surface area contributed by atoms with Crippen molar-refractivity contribution in [2.75, 3.05) is 0 Å². The number of hydrogen-bond acceptors (Lipinski definition) is 4. The summed E-state index contributed by atoms with van der Waals surface area (Å²) in [5, 5.41) is 29.9. The minimum Gasteiger partial charge on any atom is -0.481 e. The normalized spacial score (nSPS) is 14.5. The molecule has 0 aliphatic heterocycles. The van der Waals surface area contributed by atoms with E-state index in [0.29, 0.717) is 4.88 Å². The Bertz CT molecular complexity index is 361. The van der Waals surface area contributed by atoms with Crippen molar-refractivity contribution in [2.24, 2.45) is 0 Å². The van der Waals surface area contributed by atoms with Crippen LogP contribution in [0, 0.1) is 0 Å². The highest BCUT2D eigenvalue weighted by molar-refractivity contribution is 7.10. The molecular weight excluding hydrogens is 240 g/mol. The number of aliphatic carboxylic acids is 1. The van der Waals surface area contributed by atoms with Crippen molar-refractivity contribution < 1.29 is 20.1 Å². The summed E-state index contributed by atoms with van der Waals surface area (Å²) in [7, 11) is 0. The highest BCUT2D eigenvalue weighted by Crippen LogP contribution is 2.29. The molecule has 1 aromatic rings. The van der Waals surface area contributed by atoms with Gasteiger partial charge in [0.1, 0.15) is 6.10 Å². The van der Waals surface area contributed by atoms with E-state index in [1.54, 1.807) is 0 Å². The third kappa shape index (κ3) is 4.11. The summed E-state index contributed by atoms with van der Waals surface area (Å²) in [6.45, 7) is 2.09. The SMILES string of the molecule is CCCCc1ccsc1C(O)C(O)CC(=O)O. The molecule has 0 saturated heterocycles. The van der Waals surface area contributed by atoms with Crippen LogP contribution in [-0.4, -0.2) is 27.4 Å². The minimum absolute atomic E-state index is 0.438. The van der Waals surface area contributed by atoms with Crippen molar-refractivity contribution in [2.45, 2.75) is 44.8 Å². The molecule has 5 heteroatoms. The number of rotatable bonds is 7. The summed E-state index contributed by atoms with van der Waals surface area (Å²) < 4.78 is 0. The molecule has 4 nitrogen and oxygen atoms in total. The van der Waals surface area contributed by atoms with Gasteiger partial charge in [0.05, 0.1) is 12.5 Å². The lowest BCUT2D eigenvalue weighted by atomic mass is 10.0. The second-order valence-corrected chi connectivity index (χ2v) is 4.97. The number of carboxylic acids is 1. The van der Waals surface area contributed by atoms with Gasteiger partial charge in [-0.15, -0.1) is 11.3 Å².